The van der Waals surface area contributed by atoms with E-state index in [-0.39, 0.29) is 15.9 Å². The molecule has 0 radical (unpaired) electrons. The summed E-state index contributed by atoms with van der Waals surface area (Å²) in [5.74, 6) is -0.0795. The first-order valence-electron chi connectivity index (χ1n) is 6.24. The molecule has 0 fully saturated rings. The molecule has 0 heterocycles. The number of amides is 1. The second-order valence-corrected chi connectivity index (χ2v) is 8.73. The first-order valence-corrected chi connectivity index (χ1v) is 10.3. The minimum Gasteiger partial charge on any atom is -0.508 e. The monoisotopic (exact) mass is 447 g/mol. The molecule has 1 atom stereocenters. The van der Waals surface area contributed by atoms with Gasteiger partial charge in [-0.1, -0.05) is 15.9 Å². The van der Waals surface area contributed by atoms with Crippen molar-refractivity contribution in [3.05, 3.63) is 53.0 Å². The van der Waals surface area contributed by atoms with Gasteiger partial charge in [0, 0.05) is 4.47 Å². The van der Waals surface area contributed by atoms with Gasteiger partial charge in [-0.05, 0) is 24.3 Å². The molecule has 0 saturated carbocycles. The fourth-order valence-electron chi connectivity index (χ4n) is 1.50. The van der Waals surface area contributed by atoms with Gasteiger partial charge in [-0.15, -0.1) is 0 Å². The van der Waals surface area contributed by atoms with Crippen LogP contribution >= 0.6 is 15.9 Å². The van der Waals surface area contributed by atoms with E-state index in [0.29, 0.717) is 5.75 Å². The van der Waals surface area contributed by atoms with Crippen LogP contribution in [0.4, 0.5) is 5.69 Å². The zero-order chi connectivity index (χ0) is 17.5. The summed E-state index contributed by atoms with van der Waals surface area (Å²) in [5.41, 5.74) is 0.157. The molecule has 2 rings (SSSR count). The van der Waals surface area contributed by atoms with Crippen LogP contribution in [-0.4, -0.2) is 34.5 Å². The summed E-state index contributed by atoms with van der Waals surface area (Å²) < 4.78 is 25.1. The van der Waals surface area contributed by atoms with Crippen molar-refractivity contribution in [2.45, 2.75) is 6.92 Å². The molecule has 7 nitrogen and oxygen atoms in total. The third kappa shape index (κ3) is 6.60. The number of carbonyl (C=O) groups is 1. The Morgan fingerprint density at radius 1 is 1.17 bits per heavy atom. The average Bonchev–Trinajstić information content (AvgIpc) is 2.51. The van der Waals surface area contributed by atoms with Crippen molar-refractivity contribution < 1.29 is 26.9 Å². The van der Waals surface area contributed by atoms with Crippen LogP contribution in [0, 0.1) is 0 Å². The van der Waals surface area contributed by atoms with Crippen molar-refractivity contribution in [3.8, 4) is 5.75 Å². The number of benzene rings is 2. The maximum Gasteiger partial charge on any atom is 0.115 e. The number of nitrogens with one attached hydrogen (secondary N) is 1. The minimum atomic E-state index is -4.92. The van der Waals surface area contributed by atoms with Gasteiger partial charge in [0.15, 0.2) is 0 Å². The van der Waals surface area contributed by atoms with Crippen molar-refractivity contribution in [1.29, 1.82) is 0 Å². The summed E-state index contributed by atoms with van der Waals surface area (Å²) in [7, 11) is 0. The SMILES string of the molecule is CC(=O)Nc1ccccc1[As](=O)(O)OO.Oc1ccc(Br)cc1. The van der Waals surface area contributed by atoms with Crippen molar-refractivity contribution in [3.63, 3.8) is 0 Å². The molecule has 0 aliphatic rings. The summed E-state index contributed by atoms with van der Waals surface area (Å²) in [4.78, 5) is 10.8. The van der Waals surface area contributed by atoms with Crippen molar-refractivity contribution in [2.24, 2.45) is 0 Å². The Hall–Kier alpha value is -1.57. The number of halogens is 1. The van der Waals surface area contributed by atoms with Crippen LogP contribution in [0.1, 0.15) is 6.92 Å². The predicted molar refractivity (Wildman–Crippen MR) is 88.6 cm³/mol. The van der Waals surface area contributed by atoms with Gasteiger partial charge in [0.2, 0.25) is 0 Å². The van der Waals surface area contributed by atoms with Gasteiger partial charge in [-0.3, -0.25) is 0 Å². The van der Waals surface area contributed by atoms with Gasteiger partial charge < -0.3 is 5.11 Å². The Labute approximate surface area is 144 Å². The van der Waals surface area contributed by atoms with E-state index < -0.39 is 14.2 Å². The molecular formula is C14H15AsBrNO6. The van der Waals surface area contributed by atoms with E-state index in [2.05, 4.69) is 25.1 Å². The molecule has 2 aromatic carbocycles. The Balaban J connectivity index is 0.000000277. The number of carbonyl (C=O) groups excluding carboxylic acids is 1. The summed E-state index contributed by atoms with van der Waals surface area (Å²) in [6.45, 7) is 1.27. The molecule has 0 bridgehead atoms. The number of aromatic hydroxyl groups is 1. The topological polar surface area (TPSA) is 116 Å². The fourth-order valence-corrected chi connectivity index (χ4v) is 3.44. The minimum absolute atomic E-state index is 0.103. The zero-order valence-corrected chi connectivity index (χ0v) is 15.5. The standard InChI is InChI=1S/C8H10AsNO5.C6H5BrO/c1-6(11)10-8-5-3-2-4-7(8)9(12,13)15-14;7-5-1-3-6(8)4-2-5/h2-5,14H,1H3,(H,10,11)(H,12,13);1-4,8H. The second-order valence-electron chi connectivity index (χ2n) is 4.28. The molecule has 4 N–H and O–H groups in total. The third-order valence-corrected chi connectivity index (χ3v) is 5.55. The normalized spacial score (nSPS) is 12.5. The van der Waals surface area contributed by atoms with Crippen LogP contribution in [-0.2, 0) is 12.4 Å². The maximum absolute atomic E-state index is 11.4. The average molecular weight is 448 g/mol. The van der Waals surface area contributed by atoms with Gasteiger partial charge >= 0.3 is 88.4 Å². The van der Waals surface area contributed by atoms with E-state index in [1.54, 1.807) is 30.3 Å². The van der Waals surface area contributed by atoms with Crippen LogP contribution in [0.15, 0.2) is 53.0 Å². The number of rotatable bonds is 3. The van der Waals surface area contributed by atoms with Crippen LogP contribution < -0.4 is 9.67 Å². The number of hydrogen-bond donors (Lipinski definition) is 4. The molecule has 1 amide bonds. The third-order valence-electron chi connectivity index (χ3n) is 2.46. The molecular weight excluding hydrogens is 433 g/mol. The van der Waals surface area contributed by atoms with Crippen LogP contribution in [0.2, 0.25) is 0 Å². The van der Waals surface area contributed by atoms with Crippen LogP contribution in [0.3, 0.4) is 0 Å². The Morgan fingerprint density at radius 3 is 2.22 bits per heavy atom. The van der Waals surface area contributed by atoms with Gasteiger partial charge in [0.05, 0.1) is 0 Å². The molecule has 0 aromatic heterocycles. The molecule has 0 aliphatic carbocycles. The van der Waals surface area contributed by atoms with Crippen molar-refractivity contribution >= 4 is 46.0 Å². The number of anilines is 1. The zero-order valence-electron chi connectivity index (χ0n) is 12.0. The molecule has 1 unspecified atom stereocenters. The largest absolute Gasteiger partial charge is 0.508 e. The number of phenolic OH excluding ortho intramolecular Hbond substituents is 1. The van der Waals surface area contributed by atoms with E-state index in [1.807, 2.05) is 0 Å². The van der Waals surface area contributed by atoms with E-state index >= 15 is 0 Å². The van der Waals surface area contributed by atoms with E-state index in [4.69, 9.17) is 10.4 Å². The van der Waals surface area contributed by atoms with E-state index in [1.165, 1.54) is 25.1 Å². The van der Waals surface area contributed by atoms with Crippen LogP contribution in [0.25, 0.3) is 0 Å². The number of hydrogen-bond acceptors (Lipinski definition) is 5. The first-order chi connectivity index (χ1) is 10.8. The van der Waals surface area contributed by atoms with Crippen molar-refractivity contribution in [2.75, 3.05) is 5.32 Å². The summed E-state index contributed by atoms with van der Waals surface area (Å²) in [6.07, 6.45) is 0. The Kier molecular flexibility index (Phi) is 7.54. The molecule has 23 heavy (non-hydrogen) atoms. The second kappa shape index (κ2) is 8.90. The predicted octanol–water partition coefficient (Wildman–Crippen LogP) is 1.86. The number of phenols is 1. The molecule has 0 saturated heterocycles. The molecule has 0 spiro atoms. The molecule has 124 valence electrons. The fraction of sp³-hybridized carbons (Fsp3) is 0.0714. The van der Waals surface area contributed by atoms with Gasteiger partial charge in [-0.25, -0.2) is 0 Å². The molecule has 9 heteroatoms. The molecule has 0 aliphatic heterocycles. The van der Waals surface area contributed by atoms with Gasteiger partial charge in [0.25, 0.3) is 0 Å². The quantitative estimate of drug-likeness (QED) is 0.324. The Morgan fingerprint density at radius 2 is 1.74 bits per heavy atom. The van der Waals surface area contributed by atoms with Gasteiger partial charge in [0.1, 0.15) is 5.75 Å². The summed E-state index contributed by atoms with van der Waals surface area (Å²) >= 11 is -1.69. The Bertz CT molecular complexity index is 686. The summed E-state index contributed by atoms with van der Waals surface area (Å²) in [6, 6.07) is 12.7. The maximum atomic E-state index is 11.4. The molecule has 2 aromatic rings. The first kappa shape index (κ1) is 19.5. The van der Waals surface area contributed by atoms with E-state index in [0.717, 1.165) is 4.47 Å². The van der Waals surface area contributed by atoms with Crippen LogP contribution in [0.5, 0.6) is 5.75 Å². The smallest absolute Gasteiger partial charge is 0.115 e. The van der Waals surface area contributed by atoms with Gasteiger partial charge in [-0.2, -0.15) is 0 Å². The van der Waals surface area contributed by atoms with E-state index in [9.17, 15) is 12.6 Å². The summed E-state index contributed by atoms with van der Waals surface area (Å²) in [5, 5.41) is 19.4. The van der Waals surface area contributed by atoms with Crippen molar-refractivity contribution in [1.82, 2.24) is 0 Å². The number of para-hydroxylation sites is 1.